The highest BCUT2D eigenvalue weighted by Crippen LogP contribution is 2.10. The van der Waals surface area contributed by atoms with E-state index >= 15 is 0 Å². The summed E-state index contributed by atoms with van der Waals surface area (Å²) in [6, 6.07) is 0. The van der Waals surface area contributed by atoms with E-state index in [2.05, 4.69) is 25.7 Å². The van der Waals surface area contributed by atoms with Gasteiger partial charge in [-0.3, -0.25) is 0 Å². The molecule has 0 unspecified atom stereocenters. The van der Waals surface area contributed by atoms with Gasteiger partial charge in [-0.2, -0.15) is 0 Å². The van der Waals surface area contributed by atoms with Crippen LogP contribution in [0.1, 0.15) is 92.4 Å². The summed E-state index contributed by atoms with van der Waals surface area (Å²) in [6.07, 6.45) is 12.7. The Hall–Kier alpha value is -0.0400. The lowest BCUT2D eigenvalue weighted by molar-refractivity contribution is 0.327. The molecule has 112 valence electrons. The Balaban J connectivity index is 0. The smallest absolute Gasteiger partial charge is 0.00183 e. The minimum Gasteiger partial charge on any atom is -0.303 e. The Labute approximate surface area is 117 Å². The van der Waals surface area contributed by atoms with Crippen molar-refractivity contribution in [3.63, 3.8) is 0 Å². The summed E-state index contributed by atoms with van der Waals surface area (Å²) in [5, 5.41) is 0. The van der Waals surface area contributed by atoms with Crippen LogP contribution in [0.3, 0.4) is 0 Å². The number of rotatable bonds is 7. The van der Waals surface area contributed by atoms with Crippen molar-refractivity contribution in [1.29, 1.82) is 0 Å². The van der Waals surface area contributed by atoms with Gasteiger partial charge in [-0.25, -0.2) is 0 Å². The number of hydrogen-bond acceptors (Lipinski definition) is 1. The summed E-state index contributed by atoms with van der Waals surface area (Å²) in [6.45, 7) is 14.6. The van der Waals surface area contributed by atoms with Gasteiger partial charge in [-0.15, -0.1) is 0 Å². The van der Waals surface area contributed by atoms with E-state index < -0.39 is 0 Å². The lowest BCUT2D eigenvalue weighted by Gasteiger charge is -2.13. The summed E-state index contributed by atoms with van der Waals surface area (Å²) in [7, 11) is 0. The molecule has 1 fully saturated rings. The van der Waals surface area contributed by atoms with Crippen LogP contribution in [0.5, 0.6) is 0 Å². The van der Waals surface area contributed by atoms with Crippen LogP contribution in [0, 0.1) is 0 Å². The van der Waals surface area contributed by atoms with Crippen molar-refractivity contribution in [1.82, 2.24) is 4.90 Å². The van der Waals surface area contributed by atoms with Crippen LogP contribution in [-0.2, 0) is 0 Å². The van der Waals surface area contributed by atoms with Gasteiger partial charge in [0.05, 0.1) is 0 Å². The topological polar surface area (TPSA) is 3.24 Å². The molecular formula is C17H39N. The fourth-order valence-corrected chi connectivity index (χ4v) is 2.12. The van der Waals surface area contributed by atoms with E-state index in [4.69, 9.17) is 0 Å². The predicted octanol–water partition coefficient (Wildman–Crippen LogP) is 5.89. The molecule has 0 saturated carbocycles. The first-order chi connectivity index (χ1) is 8.85. The third kappa shape index (κ3) is 16.0. The Kier molecular flexibility index (Phi) is 21.7. The summed E-state index contributed by atoms with van der Waals surface area (Å²) in [5.74, 6) is 0. The zero-order valence-electron chi connectivity index (χ0n) is 13.9. The molecule has 0 atom stereocenters. The second kappa shape index (κ2) is 19.3. The molecule has 0 aromatic rings. The fraction of sp³-hybridized carbons (Fsp3) is 1.00. The van der Waals surface area contributed by atoms with E-state index in [0.29, 0.717) is 0 Å². The average molecular weight is 258 g/mol. The maximum Gasteiger partial charge on any atom is -0.00183 e. The summed E-state index contributed by atoms with van der Waals surface area (Å²) in [5.41, 5.74) is 0. The molecule has 0 radical (unpaired) electrons. The number of likely N-dealkylation sites (tertiary alicyclic amines) is 1. The maximum absolute atomic E-state index is 2.62. The van der Waals surface area contributed by atoms with Crippen LogP contribution < -0.4 is 0 Å². The maximum atomic E-state index is 2.62. The van der Waals surface area contributed by atoms with Gasteiger partial charge in [0.1, 0.15) is 0 Å². The quantitative estimate of drug-likeness (QED) is 0.514. The molecule has 0 aliphatic carbocycles. The van der Waals surface area contributed by atoms with E-state index in [1.165, 1.54) is 77.4 Å². The van der Waals surface area contributed by atoms with Gasteiger partial charge < -0.3 is 4.90 Å². The number of nitrogens with zero attached hydrogens (tertiary/aromatic N) is 1. The molecule has 1 heterocycles. The summed E-state index contributed by atoms with van der Waals surface area (Å²) < 4.78 is 0. The van der Waals surface area contributed by atoms with E-state index in [9.17, 15) is 0 Å². The van der Waals surface area contributed by atoms with E-state index in [-0.39, 0.29) is 0 Å². The SMILES string of the molecule is CC.CCC.CCCCCCCCN1CCCC1. The van der Waals surface area contributed by atoms with E-state index in [1.54, 1.807) is 0 Å². The van der Waals surface area contributed by atoms with Crippen molar-refractivity contribution in [2.45, 2.75) is 92.4 Å². The lowest BCUT2D eigenvalue weighted by atomic mass is 10.1. The van der Waals surface area contributed by atoms with Gasteiger partial charge in [-0.1, -0.05) is 73.1 Å². The minimum atomic E-state index is 1.25. The number of hydrogen-bond donors (Lipinski definition) is 0. The Morgan fingerprint density at radius 1 is 0.722 bits per heavy atom. The van der Waals surface area contributed by atoms with Gasteiger partial charge in [0.25, 0.3) is 0 Å². The molecule has 1 nitrogen and oxygen atoms in total. The molecule has 0 amide bonds. The molecule has 0 aromatic heterocycles. The third-order valence-electron chi connectivity index (χ3n) is 3.03. The van der Waals surface area contributed by atoms with Crippen LogP contribution >= 0.6 is 0 Å². The van der Waals surface area contributed by atoms with Crippen LogP contribution in [0.15, 0.2) is 0 Å². The van der Waals surface area contributed by atoms with Gasteiger partial charge in [0.15, 0.2) is 0 Å². The first-order valence-corrected chi connectivity index (χ1v) is 8.57. The molecule has 1 aliphatic rings. The molecule has 1 aliphatic heterocycles. The molecule has 0 N–H and O–H groups in total. The van der Waals surface area contributed by atoms with E-state index in [1.807, 2.05) is 13.8 Å². The predicted molar refractivity (Wildman–Crippen MR) is 86.4 cm³/mol. The highest BCUT2D eigenvalue weighted by atomic mass is 15.1. The molecule has 0 spiro atoms. The minimum absolute atomic E-state index is 1.25. The molecule has 1 rings (SSSR count). The normalized spacial score (nSPS) is 14.5. The van der Waals surface area contributed by atoms with Crippen molar-refractivity contribution in [2.24, 2.45) is 0 Å². The zero-order valence-corrected chi connectivity index (χ0v) is 13.9. The van der Waals surface area contributed by atoms with Gasteiger partial charge >= 0.3 is 0 Å². The standard InChI is InChI=1S/C12H25N.C3H8.C2H6/c1-2-3-4-5-6-7-10-13-11-8-9-12-13;1-3-2;1-2/h2-12H2,1H3;3H2,1-2H3;1-2H3. The average Bonchev–Trinajstić information content (AvgIpc) is 2.90. The highest BCUT2D eigenvalue weighted by molar-refractivity contribution is 4.65. The lowest BCUT2D eigenvalue weighted by Crippen LogP contribution is -2.20. The summed E-state index contributed by atoms with van der Waals surface area (Å²) in [4.78, 5) is 2.62. The first-order valence-electron chi connectivity index (χ1n) is 8.57. The molecular weight excluding hydrogens is 218 g/mol. The third-order valence-corrected chi connectivity index (χ3v) is 3.03. The van der Waals surface area contributed by atoms with Gasteiger partial charge in [0, 0.05) is 0 Å². The molecule has 1 saturated heterocycles. The van der Waals surface area contributed by atoms with Crippen molar-refractivity contribution in [3.05, 3.63) is 0 Å². The Morgan fingerprint density at radius 2 is 1.17 bits per heavy atom. The van der Waals surface area contributed by atoms with Crippen molar-refractivity contribution in [2.75, 3.05) is 19.6 Å². The monoisotopic (exact) mass is 257 g/mol. The second-order valence-electron chi connectivity index (χ2n) is 5.02. The van der Waals surface area contributed by atoms with E-state index in [0.717, 1.165) is 0 Å². The van der Waals surface area contributed by atoms with Gasteiger partial charge in [-0.05, 0) is 38.9 Å². The summed E-state index contributed by atoms with van der Waals surface area (Å²) >= 11 is 0. The van der Waals surface area contributed by atoms with Crippen molar-refractivity contribution >= 4 is 0 Å². The highest BCUT2D eigenvalue weighted by Gasteiger charge is 2.09. The fourth-order valence-electron chi connectivity index (χ4n) is 2.12. The van der Waals surface area contributed by atoms with Crippen LogP contribution in [-0.4, -0.2) is 24.5 Å². The Bertz CT molecular complexity index is 117. The van der Waals surface area contributed by atoms with Crippen LogP contribution in [0.4, 0.5) is 0 Å². The van der Waals surface area contributed by atoms with Gasteiger partial charge in [0.2, 0.25) is 0 Å². The first kappa shape index (κ1) is 20.3. The van der Waals surface area contributed by atoms with Crippen molar-refractivity contribution in [3.8, 4) is 0 Å². The molecule has 1 heteroatoms. The largest absolute Gasteiger partial charge is 0.303 e. The molecule has 0 bridgehead atoms. The number of unbranched alkanes of at least 4 members (excludes halogenated alkanes) is 5. The Morgan fingerprint density at radius 3 is 1.67 bits per heavy atom. The van der Waals surface area contributed by atoms with Crippen molar-refractivity contribution < 1.29 is 0 Å². The van der Waals surface area contributed by atoms with Crippen LogP contribution in [0.2, 0.25) is 0 Å². The molecule has 18 heavy (non-hydrogen) atoms. The molecule has 0 aromatic carbocycles. The zero-order chi connectivity index (χ0) is 14.1. The van der Waals surface area contributed by atoms with Crippen LogP contribution in [0.25, 0.3) is 0 Å². The second-order valence-corrected chi connectivity index (χ2v) is 5.02.